The van der Waals surface area contributed by atoms with Crippen LogP contribution in [0.3, 0.4) is 0 Å². The number of methoxy groups -OCH3 is 1. The van der Waals surface area contributed by atoms with Gasteiger partial charge in [0.25, 0.3) is 0 Å². The number of ether oxygens (including phenoxy) is 1. The van der Waals surface area contributed by atoms with Gasteiger partial charge in [-0.05, 0) is 24.6 Å². The van der Waals surface area contributed by atoms with E-state index < -0.39 is 6.09 Å². The van der Waals surface area contributed by atoms with Crippen LogP contribution in [0.5, 0.6) is 0 Å². The van der Waals surface area contributed by atoms with Crippen molar-refractivity contribution in [3.63, 3.8) is 0 Å². The van der Waals surface area contributed by atoms with E-state index in [9.17, 15) is 9.59 Å². The predicted octanol–water partition coefficient (Wildman–Crippen LogP) is 2.65. The van der Waals surface area contributed by atoms with Gasteiger partial charge in [0, 0.05) is 24.0 Å². The molecule has 1 aromatic rings. The number of benzene rings is 1. The van der Waals surface area contributed by atoms with Crippen LogP contribution in [0, 0.1) is 0 Å². The maximum Gasteiger partial charge on any atom is 0.407 e. The van der Waals surface area contributed by atoms with Crippen LogP contribution < -0.4 is 5.32 Å². The molecule has 0 unspecified atom stereocenters. The molecule has 1 N–H and O–H groups in total. The third-order valence-electron chi connectivity index (χ3n) is 3.69. The summed E-state index contributed by atoms with van der Waals surface area (Å²) in [6, 6.07) is 7.56. The molecule has 0 aromatic heterocycles. The molecule has 1 aromatic carbocycles. The molecule has 0 heterocycles. The first-order valence-corrected chi connectivity index (χ1v) is 7.07. The lowest BCUT2D eigenvalue weighted by molar-refractivity contribution is -0.130. The summed E-state index contributed by atoms with van der Waals surface area (Å²) in [5, 5.41) is 3.07. The lowest BCUT2D eigenvalue weighted by Crippen LogP contribution is -2.44. The molecule has 0 aliphatic rings. The van der Waals surface area contributed by atoms with Crippen molar-refractivity contribution in [1.82, 2.24) is 10.2 Å². The zero-order valence-corrected chi connectivity index (χ0v) is 13.5. The van der Waals surface area contributed by atoms with Crippen molar-refractivity contribution in [2.45, 2.75) is 25.8 Å². The van der Waals surface area contributed by atoms with Gasteiger partial charge >= 0.3 is 6.09 Å². The molecule has 21 heavy (non-hydrogen) atoms. The van der Waals surface area contributed by atoms with Crippen molar-refractivity contribution in [3.8, 4) is 0 Å². The molecule has 6 heteroatoms. The highest BCUT2D eigenvalue weighted by atomic mass is 35.5. The lowest BCUT2D eigenvalue weighted by Gasteiger charge is -2.30. The van der Waals surface area contributed by atoms with Gasteiger partial charge < -0.3 is 15.0 Å². The van der Waals surface area contributed by atoms with E-state index in [1.807, 2.05) is 38.1 Å². The Morgan fingerprint density at radius 2 is 1.86 bits per heavy atom. The summed E-state index contributed by atoms with van der Waals surface area (Å²) in [4.78, 5) is 24.6. The van der Waals surface area contributed by atoms with Crippen LogP contribution >= 0.6 is 11.6 Å². The second kappa shape index (κ2) is 7.88. The highest BCUT2D eigenvalue weighted by Gasteiger charge is 2.22. The average molecular weight is 313 g/mol. The Bertz CT molecular complexity index is 490. The summed E-state index contributed by atoms with van der Waals surface area (Å²) in [7, 11) is 2.98. The number of likely N-dealkylation sites (N-methyl/N-ethyl adjacent to an activating group) is 1. The van der Waals surface area contributed by atoms with Crippen molar-refractivity contribution >= 4 is 23.6 Å². The van der Waals surface area contributed by atoms with Crippen LogP contribution in [0.2, 0.25) is 5.02 Å². The summed E-state index contributed by atoms with van der Waals surface area (Å²) in [6.45, 7) is 3.93. The first-order valence-electron chi connectivity index (χ1n) is 6.69. The fourth-order valence-corrected chi connectivity index (χ4v) is 2.08. The molecule has 0 aliphatic carbocycles. The second-order valence-electron chi connectivity index (χ2n) is 4.93. The van der Waals surface area contributed by atoms with Crippen molar-refractivity contribution < 1.29 is 14.3 Å². The number of halogens is 1. The number of rotatable bonds is 5. The van der Waals surface area contributed by atoms with E-state index in [1.165, 1.54) is 7.11 Å². The normalized spacial score (nSPS) is 13.2. The van der Waals surface area contributed by atoms with Gasteiger partial charge in [0.15, 0.2) is 0 Å². The third kappa shape index (κ3) is 4.93. The molecule has 0 radical (unpaired) electrons. The number of carbonyl (C=O) groups is 2. The zero-order valence-electron chi connectivity index (χ0n) is 12.7. The van der Waals surface area contributed by atoms with Crippen molar-refractivity contribution in [2.24, 2.45) is 0 Å². The lowest BCUT2D eigenvalue weighted by atomic mass is 9.93. The summed E-state index contributed by atoms with van der Waals surface area (Å²) in [5.74, 6) is -0.0249. The standard InChI is InChI=1S/C15H21ClN2O3/c1-10(12-5-7-13(16)8-6-12)11(2)18(3)14(19)9-17-15(20)21-4/h5-8,10-11H,9H2,1-4H3,(H,17,20)/t10-,11-/m0/s1. The topological polar surface area (TPSA) is 58.6 Å². The average Bonchev–Trinajstić information content (AvgIpc) is 2.50. The highest BCUT2D eigenvalue weighted by Crippen LogP contribution is 2.23. The van der Waals surface area contributed by atoms with Gasteiger partial charge in [-0.2, -0.15) is 0 Å². The van der Waals surface area contributed by atoms with Gasteiger partial charge in [-0.1, -0.05) is 30.7 Å². The minimum Gasteiger partial charge on any atom is -0.453 e. The van der Waals surface area contributed by atoms with Crippen molar-refractivity contribution in [3.05, 3.63) is 34.9 Å². The first kappa shape index (κ1) is 17.3. The van der Waals surface area contributed by atoms with E-state index in [0.29, 0.717) is 5.02 Å². The first-order chi connectivity index (χ1) is 9.86. The Balaban J connectivity index is 2.63. The highest BCUT2D eigenvalue weighted by molar-refractivity contribution is 6.30. The fraction of sp³-hybridized carbons (Fsp3) is 0.467. The van der Waals surface area contributed by atoms with Crippen LogP contribution in [0.25, 0.3) is 0 Å². The van der Waals surface area contributed by atoms with Crippen LogP contribution in [0.15, 0.2) is 24.3 Å². The molecule has 0 saturated heterocycles. The third-order valence-corrected chi connectivity index (χ3v) is 3.95. The summed E-state index contributed by atoms with van der Waals surface area (Å²) < 4.78 is 4.44. The molecule has 2 atom stereocenters. The number of hydrogen-bond donors (Lipinski definition) is 1. The molecule has 2 amide bonds. The number of hydrogen-bond acceptors (Lipinski definition) is 3. The van der Waals surface area contributed by atoms with Gasteiger partial charge in [-0.25, -0.2) is 4.79 Å². The minimum atomic E-state index is -0.616. The SMILES string of the molecule is COC(=O)NCC(=O)N(C)[C@@H](C)[C@H](C)c1ccc(Cl)cc1. The molecular formula is C15H21ClN2O3. The number of nitrogens with zero attached hydrogens (tertiary/aromatic N) is 1. The maximum atomic E-state index is 12.0. The smallest absolute Gasteiger partial charge is 0.407 e. The molecule has 0 fully saturated rings. The Labute approximate surface area is 130 Å². The second-order valence-corrected chi connectivity index (χ2v) is 5.37. The molecule has 0 spiro atoms. The Hall–Kier alpha value is -1.75. The van der Waals surface area contributed by atoms with Crippen LogP contribution in [-0.2, 0) is 9.53 Å². The molecule has 116 valence electrons. The summed E-state index contributed by atoms with van der Waals surface area (Å²) >= 11 is 5.88. The van der Waals surface area contributed by atoms with Crippen LogP contribution in [-0.4, -0.2) is 43.6 Å². The molecule has 0 aliphatic heterocycles. The number of nitrogens with one attached hydrogen (secondary N) is 1. The Morgan fingerprint density at radius 3 is 2.38 bits per heavy atom. The van der Waals surface area contributed by atoms with Crippen LogP contribution in [0.4, 0.5) is 4.79 Å². The van der Waals surface area contributed by atoms with Crippen molar-refractivity contribution in [1.29, 1.82) is 0 Å². The fourth-order valence-electron chi connectivity index (χ4n) is 1.95. The molecular weight excluding hydrogens is 292 g/mol. The molecule has 1 rings (SSSR count). The largest absolute Gasteiger partial charge is 0.453 e. The Kier molecular flexibility index (Phi) is 6.49. The van der Waals surface area contributed by atoms with E-state index in [-0.39, 0.29) is 24.4 Å². The monoisotopic (exact) mass is 312 g/mol. The summed E-state index contributed by atoms with van der Waals surface area (Å²) in [5.41, 5.74) is 1.10. The van der Waals surface area contributed by atoms with Gasteiger partial charge in [0.2, 0.25) is 5.91 Å². The van der Waals surface area contributed by atoms with E-state index in [2.05, 4.69) is 10.1 Å². The molecule has 0 saturated carbocycles. The number of alkyl carbamates (subject to hydrolysis) is 1. The van der Waals surface area contributed by atoms with Crippen LogP contribution in [0.1, 0.15) is 25.3 Å². The predicted molar refractivity (Wildman–Crippen MR) is 82.5 cm³/mol. The molecule has 5 nitrogen and oxygen atoms in total. The van der Waals surface area contributed by atoms with E-state index in [1.54, 1.807) is 11.9 Å². The number of carbonyl (C=O) groups excluding carboxylic acids is 2. The van der Waals surface area contributed by atoms with Gasteiger partial charge in [-0.3, -0.25) is 4.79 Å². The maximum absolute atomic E-state index is 12.0. The van der Waals surface area contributed by atoms with Gasteiger partial charge in [0.1, 0.15) is 6.54 Å². The van der Waals surface area contributed by atoms with E-state index in [4.69, 9.17) is 11.6 Å². The van der Waals surface area contributed by atoms with E-state index in [0.717, 1.165) is 5.56 Å². The van der Waals surface area contributed by atoms with Gasteiger partial charge in [-0.15, -0.1) is 0 Å². The van der Waals surface area contributed by atoms with Gasteiger partial charge in [0.05, 0.1) is 7.11 Å². The quantitative estimate of drug-likeness (QED) is 0.909. The van der Waals surface area contributed by atoms with E-state index >= 15 is 0 Å². The Morgan fingerprint density at radius 1 is 1.29 bits per heavy atom. The zero-order chi connectivity index (χ0) is 16.0. The minimum absolute atomic E-state index is 0.0156. The van der Waals surface area contributed by atoms with Crippen molar-refractivity contribution in [2.75, 3.05) is 20.7 Å². The summed E-state index contributed by atoms with van der Waals surface area (Å²) in [6.07, 6.45) is -0.616. The molecule has 0 bridgehead atoms. The number of amides is 2.